The zero-order chi connectivity index (χ0) is 41.7. The number of piperidine rings is 1. The minimum Gasteiger partial charge on any atom is -0.496 e. The van der Waals surface area contributed by atoms with Gasteiger partial charge in [0.25, 0.3) is 5.91 Å². The lowest BCUT2D eigenvalue weighted by atomic mass is 9.47. The molecule has 59 heavy (non-hydrogen) atoms. The largest absolute Gasteiger partial charge is 0.496 e. The molecule has 1 amide bonds. The van der Waals surface area contributed by atoms with Gasteiger partial charge in [-0.15, -0.1) is 0 Å². The summed E-state index contributed by atoms with van der Waals surface area (Å²) in [5, 5.41) is 42.0. The first-order valence-electron chi connectivity index (χ1n) is 22.0. The number of fused-ring (bicyclic) bond motifs is 6. The summed E-state index contributed by atoms with van der Waals surface area (Å²) in [5.41, 5.74) is -1.09. The summed E-state index contributed by atoms with van der Waals surface area (Å²) in [7, 11) is 5.00. The Morgan fingerprint density at radius 1 is 1.02 bits per heavy atom. The second kappa shape index (κ2) is 14.3. The number of nitrogens with one attached hydrogen (secondary N) is 2. The van der Waals surface area contributed by atoms with E-state index in [2.05, 4.69) is 57.4 Å². The number of para-hydroxylation sites is 1. The highest BCUT2D eigenvalue weighted by Gasteiger charge is 2.78. The molecule has 1 aliphatic carbocycles. The van der Waals surface area contributed by atoms with Gasteiger partial charge in [0.15, 0.2) is 5.60 Å². The van der Waals surface area contributed by atoms with Gasteiger partial charge in [-0.1, -0.05) is 57.5 Å². The van der Waals surface area contributed by atoms with Gasteiger partial charge >= 0.3 is 5.97 Å². The number of aromatic nitrogens is 1. The number of anilines is 1. The van der Waals surface area contributed by atoms with Crippen molar-refractivity contribution in [3.05, 3.63) is 70.9 Å². The Labute approximate surface area is 347 Å². The van der Waals surface area contributed by atoms with Gasteiger partial charge in [-0.2, -0.15) is 0 Å². The van der Waals surface area contributed by atoms with Crippen molar-refractivity contribution in [2.75, 3.05) is 65.4 Å². The van der Waals surface area contributed by atoms with E-state index in [1.54, 1.807) is 7.11 Å². The van der Waals surface area contributed by atoms with Crippen molar-refractivity contribution in [1.82, 2.24) is 20.1 Å². The fourth-order valence-electron chi connectivity index (χ4n) is 13.6. The molecular formula is C47H63N5O7. The Kier molecular flexibility index (Phi) is 9.83. The number of carbonyl (C=O) groups is 2. The third-order valence-electron chi connectivity index (χ3n) is 16.0. The molecule has 6 aliphatic rings. The molecule has 5 aliphatic heterocycles. The minimum absolute atomic E-state index is 0.0726. The smallest absolute Gasteiger partial charge is 0.322 e. The highest BCUT2D eigenvalue weighted by molar-refractivity contribution is 5.95. The van der Waals surface area contributed by atoms with Crippen LogP contribution in [0.3, 0.4) is 0 Å². The number of carbonyl (C=O) groups excluding carboxylic acids is 2. The van der Waals surface area contributed by atoms with Gasteiger partial charge in [-0.3, -0.25) is 19.4 Å². The van der Waals surface area contributed by atoms with E-state index in [-0.39, 0.29) is 12.0 Å². The quantitative estimate of drug-likeness (QED) is 0.121. The SMILES string of the molecule is CCCCNC(=O)[C@]1(O)C2N(C)c3cc(OC)c([C@@]4(C(=O)OC)CC5CN(CCc6c4[nH]c4ccccc64)C[C@](O)(CC)C5)cc3C23CCN2CC=C[C@](CC)(C23)[C@H]1O. The van der Waals surface area contributed by atoms with Crippen molar-refractivity contribution in [2.45, 2.75) is 112 Å². The molecule has 9 rings (SSSR count). The lowest BCUT2D eigenvalue weighted by Crippen LogP contribution is -2.81. The molecule has 1 aromatic heterocycles. The van der Waals surface area contributed by atoms with E-state index in [0.29, 0.717) is 76.0 Å². The molecule has 3 aromatic rings. The van der Waals surface area contributed by atoms with Crippen LogP contribution in [0, 0.1) is 11.3 Å². The number of benzene rings is 2. The molecule has 2 aromatic carbocycles. The number of hydrogen-bond donors (Lipinski definition) is 5. The second-order valence-corrected chi connectivity index (χ2v) is 18.7. The Hall–Kier alpha value is -3.94. The highest BCUT2D eigenvalue weighted by atomic mass is 16.5. The van der Waals surface area contributed by atoms with Crippen LogP contribution in [-0.2, 0) is 31.6 Å². The standard InChI is InChI=1S/C47H63N5O7/c1-7-10-19-48-41(54)47(57)39-45(18-22-52-20-13-17-44(9-3,38(45)52)40(47)53)32-23-33(36(58-5)24-35(32)50(39)4)46(42(55)59-6)26-29-25-43(56,8-2)28-51(27-29)21-16-31-30-14-11-12-15-34(30)49-37(31)46/h11-15,17,23-24,29,38-40,49,53,56-57H,7-10,16,18-22,25-28H2,1-6H3,(H,48,54)/t29?,38?,39?,40-,43+,44-,45?,46+,47+/m1/s1. The zero-order valence-corrected chi connectivity index (χ0v) is 35.6. The van der Waals surface area contributed by atoms with Crippen molar-refractivity contribution < 1.29 is 34.4 Å². The van der Waals surface area contributed by atoms with E-state index >= 15 is 4.79 Å². The molecule has 12 heteroatoms. The number of likely N-dealkylation sites (N-methyl/N-ethyl adjacent to an activating group) is 1. The number of rotatable bonds is 9. The molecule has 5 N–H and O–H groups in total. The molecule has 318 valence electrons. The first-order valence-corrected chi connectivity index (χ1v) is 22.0. The topological polar surface area (TPSA) is 151 Å². The summed E-state index contributed by atoms with van der Waals surface area (Å²) < 4.78 is 12.4. The van der Waals surface area contributed by atoms with E-state index in [9.17, 15) is 20.1 Å². The number of esters is 1. The summed E-state index contributed by atoms with van der Waals surface area (Å²) in [6.45, 7) is 9.97. The number of nitrogens with zero attached hydrogens (tertiary/aromatic N) is 3. The first-order chi connectivity index (χ1) is 28.3. The van der Waals surface area contributed by atoms with Gasteiger partial charge in [0, 0.05) is 90.6 Å². The van der Waals surface area contributed by atoms with Crippen LogP contribution >= 0.6 is 0 Å². The van der Waals surface area contributed by atoms with E-state index in [1.165, 1.54) is 7.11 Å². The molecule has 12 nitrogen and oxygen atoms in total. The van der Waals surface area contributed by atoms with Crippen LogP contribution < -0.4 is 15.0 Å². The number of unbranched alkanes of at least 4 members (excludes halogenated alkanes) is 1. The third kappa shape index (κ3) is 5.38. The summed E-state index contributed by atoms with van der Waals surface area (Å²) in [6, 6.07) is 11.3. The Morgan fingerprint density at radius 2 is 1.81 bits per heavy atom. The normalized spacial score (nSPS) is 37.1. The number of H-pyrrole nitrogens is 1. The van der Waals surface area contributed by atoms with Gasteiger partial charge in [0.1, 0.15) is 17.3 Å². The second-order valence-electron chi connectivity index (χ2n) is 18.7. The van der Waals surface area contributed by atoms with E-state index in [0.717, 1.165) is 59.3 Å². The molecule has 0 radical (unpaired) electrons. The summed E-state index contributed by atoms with van der Waals surface area (Å²) in [6.07, 6.45) is 7.69. The molecule has 6 heterocycles. The van der Waals surface area contributed by atoms with Crippen LogP contribution in [0.1, 0.15) is 88.1 Å². The van der Waals surface area contributed by atoms with Crippen LogP contribution in [0.15, 0.2) is 48.6 Å². The average Bonchev–Trinajstić information content (AvgIpc) is 3.90. The van der Waals surface area contributed by atoms with Gasteiger partial charge < -0.3 is 40.0 Å². The number of methoxy groups -OCH3 is 2. The van der Waals surface area contributed by atoms with Crippen molar-refractivity contribution in [3.8, 4) is 5.75 Å². The van der Waals surface area contributed by atoms with Crippen LogP contribution in [-0.4, -0.2) is 132 Å². The summed E-state index contributed by atoms with van der Waals surface area (Å²) >= 11 is 0. The van der Waals surface area contributed by atoms with E-state index in [4.69, 9.17) is 9.47 Å². The fraction of sp³-hybridized carbons (Fsp3) is 0.617. The molecule has 1 spiro atoms. The molecule has 3 fully saturated rings. The van der Waals surface area contributed by atoms with E-state index in [1.807, 2.05) is 44.0 Å². The van der Waals surface area contributed by atoms with Crippen LogP contribution in [0.2, 0.25) is 0 Å². The van der Waals surface area contributed by atoms with Crippen molar-refractivity contribution in [2.24, 2.45) is 11.3 Å². The predicted molar refractivity (Wildman–Crippen MR) is 227 cm³/mol. The predicted octanol–water partition coefficient (Wildman–Crippen LogP) is 4.16. The molecule has 2 bridgehead atoms. The van der Waals surface area contributed by atoms with Crippen molar-refractivity contribution in [3.63, 3.8) is 0 Å². The lowest BCUT2D eigenvalue weighted by Gasteiger charge is -2.63. The fourth-order valence-corrected chi connectivity index (χ4v) is 13.6. The van der Waals surface area contributed by atoms with Crippen molar-refractivity contribution >= 4 is 28.5 Å². The Bertz CT molecular complexity index is 2190. The zero-order valence-electron chi connectivity index (χ0n) is 35.6. The molecule has 1 saturated carbocycles. The molecular weight excluding hydrogens is 747 g/mol. The van der Waals surface area contributed by atoms with Crippen molar-refractivity contribution in [1.29, 1.82) is 0 Å². The minimum atomic E-state index is -2.18. The maximum Gasteiger partial charge on any atom is 0.322 e. The highest BCUT2D eigenvalue weighted by Crippen LogP contribution is 2.67. The number of aliphatic hydroxyl groups excluding tert-OH is 1. The first kappa shape index (κ1) is 40.5. The monoisotopic (exact) mass is 809 g/mol. The van der Waals surface area contributed by atoms with Gasteiger partial charge in [0.05, 0.1) is 25.9 Å². The van der Waals surface area contributed by atoms with Crippen LogP contribution in [0.25, 0.3) is 10.9 Å². The number of ether oxygens (including phenoxy) is 2. The number of amides is 1. The van der Waals surface area contributed by atoms with Crippen LogP contribution in [0.5, 0.6) is 5.75 Å². The van der Waals surface area contributed by atoms with Gasteiger partial charge in [-0.05, 0) is 80.7 Å². The van der Waals surface area contributed by atoms with Gasteiger partial charge in [-0.25, -0.2) is 0 Å². The maximum atomic E-state index is 15.3. The average molecular weight is 810 g/mol. The van der Waals surface area contributed by atoms with Gasteiger partial charge in [0.2, 0.25) is 0 Å². The summed E-state index contributed by atoms with van der Waals surface area (Å²) in [5.74, 6) is -0.550. The third-order valence-corrected chi connectivity index (χ3v) is 16.0. The Morgan fingerprint density at radius 3 is 2.54 bits per heavy atom. The lowest BCUT2D eigenvalue weighted by molar-refractivity contribution is -0.203. The number of aliphatic hydroxyl groups is 3. The number of aromatic amines is 1. The summed E-state index contributed by atoms with van der Waals surface area (Å²) in [4.78, 5) is 40.6. The Balaban J connectivity index is 1.34. The molecule has 5 unspecified atom stereocenters. The molecule has 2 saturated heterocycles. The maximum absolute atomic E-state index is 15.3. The number of hydrogen-bond acceptors (Lipinski definition) is 10. The molecule has 10 atom stereocenters. The van der Waals surface area contributed by atoms with E-state index < -0.39 is 51.5 Å². The van der Waals surface area contributed by atoms with Crippen LogP contribution in [0.4, 0.5) is 5.69 Å².